The van der Waals surface area contributed by atoms with Crippen molar-refractivity contribution in [1.82, 2.24) is 5.32 Å². The summed E-state index contributed by atoms with van der Waals surface area (Å²) in [5.41, 5.74) is -0.638. The molecule has 3 heteroatoms. The first-order valence-corrected chi connectivity index (χ1v) is 6.98. The van der Waals surface area contributed by atoms with E-state index in [9.17, 15) is 9.90 Å². The summed E-state index contributed by atoms with van der Waals surface area (Å²) in [5.74, 6) is 0.700. The number of carbonyl (C=O) groups is 1. The van der Waals surface area contributed by atoms with Crippen molar-refractivity contribution < 1.29 is 9.90 Å². The van der Waals surface area contributed by atoms with Crippen LogP contribution in [0.5, 0.6) is 0 Å². The second-order valence-electron chi connectivity index (χ2n) is 5.85. The van der Waals surface area contributed by atoms with Crippen LogP contribution in [0, 0.1) is 11.8 Å². The second kappa shape index (κ2) is 6.39. The molecule has 0 spiro atoms. The Morgan fingerprint density at radius 2 is 2.00 bits per heavy atom. The fraction of sp³-hybridized carbons (Fsp3) is 0.929. The molecule has 100 valence electrons. The molecule has 0 unspecified atom stereocenters. The van der Waals surface area contributed by atoms with Gasteiger partial charge in [-0.3, -0.25) is 4.79 Å². The fourth-order valence-electron chi connectivity index (χ4n) is 2.65. The summed E-state index contributed by atoms with van der Waals surface area (Å²) >= 11 is 0. The molecule has 1 rings (SSSR count). The number of rotatable bonds is 6. The van der Waals surface area contributed by atoms with Gasteiger partial charge in [-0.15, -0.1) is 0 Å². The van der Waals surface area contributed by atoms with Gasteiger partial charge in [0.2, 0.25) is 0 Å². The highest BCUT2D eigenvalue weighted by Crippen LogP contribution is 2.34. The van der Waals surface area contributed by atoms with E-state index in [2.05, 4.69) is 26.1 Å². The number of carboxylic acids is 1. The molecule has 2 N–H and O–H groups in total. The normalized spacial score (nSPS) is 29.5. The van der Waals surface area contributed by atoms with E-state index >= 15 is 0 Å². The zero-order valence-electron chi connectivity index (χ0n) is 11.5. The minimum absolute atomic E-state index is 0.625. The summed E-state index contributed by atoms with van der Waals surface area (Å²) in [5, 5.41) is 12.8. The van der Waals surface area contributed by atoms with Crippen molar-refractivity contribution in [2.24, 2.45) is 11.8 Å². The van der Waals surface area contributed by atoms with Gasteiger partial charge in [-0.05, 0) is 50.5 Å². The van der Waals surface area contributed by atoms with Gasteiger partial charge in [-0.1, -0.05) is 27.2 Å². The van der Waals surface area contributed by atoms with E-state index in [1.165, 1.54) is 6.42 Å². The monoisotopic (exact) mass is 241 g/mol. The zero-order valence-corrected chi connectivity index (χ0v) is 11.5. The number of nitrogens with one attached hydrogen (secondary N) is 1. The largest absolute Gasteiger partial charge is 0.480 e. The first-order valence-electron chi connectivity index (χ1n) is 6.98. The van der Waals surface area contributed by atoms with Crippen molar-refractivity contribution >= 4 is 5.97 Å². The molecule has 0 aromatic carbocycles. The van der Waals surface area contributed by atoms with Crippen molar-refractivity contribution in [3.05, 3.63) is 0 Å². The van der Waals surface area contributed by atoms with Crippen LogP contribution in [-0.4, -0.2) is 23.2 Å². The molecular formula is C14H27NO2. The molecule has 0 bridgehead atoms. The highest BCUT2D eigenvalue weighted by atomic mass is 16.4. The summed E-state index contributed by atoms with van der Waals surface area (Å²) in [6.07, 6.45) is 5.92. The molecule has 0 aromatic heterocycles. The molecule has 1 saturated carbocycles. The van der Waals surface area contributed by atoms with E-state index in [1.807, 2.05) is 0 Å². The van der Waals surface area contributed by atoms with Crippen LogP contribution < -0.4 is 5.32 Å². The van der Waals surface area contributed by atoms with Crippen molar-refractivity contribution in [2.45, 2.75) is 64.8 Å². The fourth-order valence-corrected chi connectivity index (χ4v) is 2.65. The third-order valence-electron chi connectivity index (χ3n) is 4.13. The van der Waals surface area contributed by atoms with E-state index in [1.54, 1.807) is 0 Å². The van der Waals surface area contributed by atoms with Crippen LogP contribution >= 0.6 is 0 Å². The van der Waals surface area contributed by atoms with E-state index in [4.69, 9.17) is 0 Å². The van der Waals surface area contributed by atoms with Crippen LogP contribution in [0.4, 0.5) is 0 Å². The average molecular weight is 241 g/mol. The lowest BCUT2D eigenvalue weighted by atomic mass is 9.75. The van der Waals surface area contributed by atoms with Crippen LogP contribution in [0.15, 0.2) is 0 Å². The summed E-state index contributed by atoms with van der Waals surface area (Å²) in [6, 6.07) is 0. The molecule has 0 atom stereocenters. The highest BCUT2D eigenvalue weighted by Gasteiger charge is 2.40. The molecule has 0 aliphatic heterocycles. The SMILES string of the molecule is CCC1CCC(NCCC(C)C)(C(=O)O)CC1. The predicted molar refractivity (Wildman–Crippen MR) is 70.1 cm³/mol. The molecule has 0 heterocycles. The molecule has 1 aliphatic carbocycles. The number of carboxylic acid groups (broad SMARTS) is 1. The molecule has 0 aromatic rings. The van der Waals surface area contributed by atoms with Crippen molar-refractivity contribution in [3.63, 3.8) is 0 Å². The minimum Gasteiger partial charge on any atom is -0.480 e. The lowest BCUT2D eigenvalue weighted by Gasteiger charge is -2.37. The quantitative estimate of drug-likeness (QED) is 0.751. The van der Waals surface area contributed by atoms with Crippen LogP contribution in [0.1, 0.15) is 59.3 Å². The summed E-state index contributed by atoms with van der Waals surface area (Å²) in [4.78, 5) is 11.5. The Balaban J connectivity index is 2.50. The Morgan fingerprint density at radius 3 is 2.41 bits per heavy atom. The van der Waals surface area contributed by atoms with Gasteiger partial charge >= 0.3 is 5.97 Å². The van der Waals surface area contributed by atoms with Crippen LogP contribution in [0.2, 0.25) is 0 Å². The smallest absolute Gasteiger partial charge is 0.323 e. The van der Waals surface area contributed by atoms with Crippen LogP contribution in [0.3, 0.4) is 0 Å². The summed E-state index contributed by atoms with van der Waals surface area (Å²) in [6.45, 7) is 7.36. The molecule has 3 nitrogen and oxygen atoms in total. The molecule has 1 fully saturated rings. The van der Waals surface area contributed by atoms with Gasteiger partial charge < -0.3 is 10.4 Å². The van der Waals surface area contributed by atoms with Gasteiger partial charge in [0.25, 0.3) is 0 Å². The van der Waals surface area contributed by atoms with Crippen LogP contribution in [-0.2, 0) is 4.79 Å². The van der Waals surface area contributed by atoms with E-state index in [-0.39, 0.29) is 0 Å². The van der Waals surface area contributed by atoms with Crippen molar-refractivity contribution in [1.29, 1.82) is 0 Å². The average Bonchev–Trinajstić information content (AvgIpc) is 2.29. The van der Waals surface area contributed by atoms with Gasteiger partial charge in [-0.25, -0.2) is 0 Å². The van der Waals surface area contributed by atoms with Gasteiger partial charge in [-0.2, -0.15) is 0 Å². The molecule has 0 radical (unpaired) electrons. The third kappa shape index (κ3) is 3.98. The lowest BCUT2D eigenvalue weighted by Crippen LogP contribution is -2.54. The maximum Gasteiger partial charge on any atom is 0.323 e. The van der Waals surface area contributed by atoms with E-state index < -0.39 is 11.5 Å². The van der Waals surface area contributed by atoms with Gasteiger partial charge in [0.1, 0.15) is 5.54 Å². The van der Waals surface area contributed by atoms with Gasteiger partial charge in [0.05, 0.1) is 0 Å². The Kier molecular flexibility index (Phi) is 5.44. The summed E-state index contributed by atoms with van der Waals surface area (Å²) < 4.78 is 0. The van der Waals surface area contributed by atoms with E-state index in [0.29, 0.717) is 5.92 Å². The Hall–Kier alpha value is -0.570. The third-order valence-corrected chi connectivity index (χ3v) is 4.13. The first kappa shape index (κ1) is 14.5. The van der Waals surface area contributed by atoms with Gasteiger partial charge in [0.15, 0.2) is 0 Å². The topological polar surface area (TPSA) is 49.3 Å². The molecular weight excluding hydrogens is 214 g/mol. The number of aliphatic carboxylic acids is 1. The minimum atomic E-state index is -0.657. The maximum atomic E-state index is 11.5. The maximum absolute atomic E-state index is 11.5. The Bertz CT molecular complexity index is 243. The number of hydrogen-bond donors (Lipinski definition) is 2. The van der Waals surface area contributed by atoms with E-state index in [0.717, 1.165) is 44.6 Å². The first-order chi connectivity index (χ1) is 8.00. The van der Waals surface area contributed by atoms with Gasteiger partial charge in [0, 0.05) is 0 Å². The molecule has 0 saturated heterocycles. The Morgan fingerprint density at radius 1 is 1.41 bits per heavy atom. The van der Waals surface area contributed by atoms with Crippen molar-refractivity contribution in [3.8, 4) is 0 Å². The highest BCUT2D eigenvalue weighted by molar-refractivity contribution is 5.78. The molecule has 1 aliphatic rings. The standard InChI is InChI=1S/C14H27NO2/c1-4-12-5-8-14(9-6-12,13(16)17)15-10-7-11(2)3/h11-12,15H,4-10H2,1-3H3,(H,16,17). The van der Waals surface area contributed by atoms with Crippen LogP contribution in [0.25, 0.3) is 0 Å². The molecule has 0 amide bonds. The Labute approximate surface area is 105 Å². The van der Waals surface area contributed by atoms with Crippen molar-refractivity contribution in [2.75, 3.05) is 6.54 Å². The zero-order chi connectivity index (χ0) is 12.9. The number of hydrogen-bond acceptors (Lipinski definition) is 2. The molecule has 17 heavy (non-hydrogen) atoms. The second-order valence-corrected chi connectivity index (χ2v) is 5.85. The lowest BCUT2D eigenvalue weighted by molar-refractivity contribution is -0.146. The summed E-state index contributed by atoms with van der Waals surface area (Å²) in [7, 11) is 0. The predicted octanol–water partition coefficient (Wildman–Crippen LogP) is 3.05.